The summed E-state index contributed by atoms with van der Waals surface area (Å²) in [6.07, 6.45) is 4.21. The topological polar surface area (TPSA) is 139 Å². The van der Waals surface area contributed by atoms with Crippen LogP contribution in [0.5, 0.6) is 0 Å². The highest BCUT2D eigenvalue weighted by Crippen LogP contribution is 2.36. The monoisotopic (exact) mass is 553 g/mol. The highest BCUT2D eigenvalue weighted by Gasteiger charge is 2.19. The molecule has 6 N–H and O–H groups in total. The van der Waals surface area contributed by atoms with Gasteiger partial charge in [-0.15, -0.1) is 0 Å². The molecular formula is C32H31N3O4S. The summed E-state index contributed by atoms with van der Waals surface area (Å²) < 4.78 is 25.9. The Labute approximate surface area is 232 Å². The van der Waals surface area contributed by atoms with Crippen molar-refractivity contribution in [2.75, 3.05) is 6.26 Å². The number of aromatic amines is 1. The van der Waals surface area contributed by atoms with Gasteiger partial charge in [-0.1, -0.05) is 66.7 Å². The Morgan fingerprint density at radius 2 is 1.48 bits per heavy atom. The maximum absolute atomic E-state index is 11.1. The molecule has 7 nitrogen and oxygen atoms in total. The molecule has 1 amide bonds. The molecule has 5 aromatic carbocycles. The lowest BCUT2D eigenvalue weighted by molar-refractivity contribution is 0.100. The third-order valence-electron chi connectivity index (χ3n) is 7.21. The average molecular weight is 554 g/mol. The molecule has 6 aromatic rings. The van der Waals surface area contributed by atoms with Gasteiger partial charge in [0.05, 0.1) is 6.26 Å². The highest BCUT2D eigenvalue weighted by molar-refractivity contribution is 7.85. The molecule has 0 saturated carbocycles. The van der Waals surface area contributed by atoms with Crippen LogP contribution in [0.15, 0.2) is 91.0 Å². The van der Waals surface area contributed by atoms with Crippen molar-refractivity contribution >= 4 is 59.4 Å². The largest absolute Gasteiger partial charge is 0.366 e. The van der Waals surface area contributed by atoms with E-state index in [0.717, 1.165) is 28.2 Å². The number of rotatable bonds is 1. The van der Waals surface area contributed by atoms with E-state index in [1.54, 1.807) is 6.07 Å². The molecule has 7 rings (SSSR count). The van der Waals surface area contributed by atoms with Gasteiger partial charge in [0.2, 0.25) is 5.91 Å². The summed E-state index contributed by atoms with van der Waals surface area (Å²) in [4.78, 5) is 14.4. The maximum Gasteiger partial charge on any atom is 0.261 e. The van der Waals surface area contributed by atoms with Crippen LogP contribution < -0.4 is 11.5 Å². The quantitative estimate of drug-likeness (QED) is 0.141. The minimum Gasteiger partial charge on any atom is -0.366 e. The van der Waals surface area contributed by atoms with Gasteiger partial charge >= 0.3 is 0 Å². The van der Waals surface area contributed by atoms with Crippen molar-refractivity contribution in [1.29, 1.82) is 0 Å². The van der Waals surface area contributed by atoms with E-state index in [4.69, 9.17) is 16.0 Å². The van der Waals surface area contributed by atoms with Crippen LogP contribution in [0.4, 0.5) is 0 Å². The smallest absolute Gasteiger partial charge is 0.261 e. The van der Waals surface area contributed by atoms with Gasteiger partial charge in [0.25, 0.3) is 10.1 Å². The number of primary amides is 1. The molecule has 0 saturated heterocycles. The third kappa shape index (κ3) is 5.84. The number of aryl methyl sites for hydroxylation is 1. The van der Waals surface area contributed by atoms with E-state index in [1.807, 2.05) is 36.4 Å². The van der Waals surface area contributed by atoms with Gasteiger partial charge in [0.15, 0.2) is 0 Å². The fourth-order valence-electron chi connectivity index (χ4n) is 5.45. The first-order valence-corrected chi connectivity index (χ1v) is 14.9. The van der Waals surface area contributed by atoms with Gasteiger partial charge in [0.1, 0.15) is 0 Å². The number of fused-ring (bicyclic) bond motifs is 8. The summed E-state index contributed by atoms with van der Waals surface area (Å²) >= 11 is 0. The van der Waals surface area contributed by atoms with Crippen LogP contribution in [0.2, 0.25) is 0 Å². The number of aromatic nitrogens is 1. The van der Waals surface area contributed by atoms with E-state index >= 15 is 0 Å². The predicted molar refractivity (Wildman–Crippen MR) is 163 cm³/mol. The third-order valence-corrected chi connectivity index (χ3v) is 7.21. The van der Waals surface area contributed by atoms with Crippen LogP contribution in [0.25, 0.3) is 43.4 Å². The second kappa shape index (κ2) is 11.1. The molecule has 1 heterocycles. The summed E-state index contributed by atoms with van der Waals surface area (Å²) in [5, 5.41) is 7.57. The molecule has 0 fully saturated rings. The summed E-state index contributed by atoms with van der Waals surface area (Å²) in [6.45, 7) is 0. The minimum atomic E-state index is -3.67. The Bertz CT molecular complexity index is 1970. The Kier molecular flexibility index (Phi) is 7.58. The first-order chi connectivity index (χ1) is 19.1. The minimum absolute atomic E-state index is 0.222. The molecule has 0 spiro atoms. The van der Waals surface area contributed by atoms with Gasteiger partial charge < -0.3 is 16.5 Å². The lowest BCUT2D eigenvalue weighted by Gasteiger charge is -2.24. The summed E-state index contributed by atoms with van der Waals surface area (Å²) in [5.74, 6) is -0.396. The van der Waals surface area contributed by atoms with Crippen molar-refractivity contribution in [3.8, 4) is 0 Å². The first kappa shape index (κ1) is 27.3. The molecular weight excluding hydrogens is 522 g/mol. The Hall–Kier alpha value is -4.24. The number of nitrogens with one attached hydrogen (secondary N) is 1. The van der Waals surface area contributed by atoms with Gasteiger partial charge in [-0.05, 0) is 76.2 Å². The zero-order chi connectivity index (χ0) is 28.4. The maximum atomic E-state index is 11.1. The number of para-hydroxylation sites is 1. The van der Waals surface area contributed by atoms with Crippen LogP contribution >= 0.6 is 0 Å². The Balaban J connectivity index is 0.000000140. The van der Waals surface area contributed by atoms with Crippen LogP contribution in [0.3, 0.4) is 0 Å². The van der Waals surface area contributed by atoms with E-state index < -0.39 is 16.0 Å². The molecule has 1 aliphatic rings. The lowest BCUT2D eigenvalue weighted by atomic mass is 9.84. The molecule has 0 bridgehead atoms. The van der Waals surface area contributed by atoms with E-state index in [1.165, 1.54) is 45.5 Å². The number of amides is 1. The Morgan fingerprint density at radius 1 is 0.825 bits per heavy atom. The molecule has 1 unspecified atom stereocenters. The number of carbonyl (C=O) groups is 1. The van der Waals surface area contributed by atoms with Crippen molar-refractivity contribution < 1.29 is 17.8 Å². The average Bonchev–Trinajstić information content (AvgIpc) is 3.30. The number of H-pyrrole nitrogens is 1. The van der Waals surface area contributed by atoms with Crippen LogP contribution in [-0.2, 0) is 16.5 Å². The normalized spacial score (nSPS) is 14.7. The molecule has 40 heavy (non-hydrogen) atoms. The summed E-state index contributed by atoms with van der Waals surface area (Å²) in [7, 11) is -3.67. The molecule has 0 aliphatic heterocycles. The standard InChI is InChI=1S/C18H17N.C13H10N2O.CH4O3S/c19-18-7-3-6-14-16-9-8-12-4-1-2-5-13(12)15(16)10-11-17(14)18;14-13(16)8-5-6-12-10(7-8)9-3-1-2-4-11(9)15-12;1-5(2,3)4/h1-2,4-5,8-11,18H,3,6-7,19H2;1-7,15H,(H2,14,16);1H3,(H,2,3,4). The molecule has 8 heteroatoms. The van der Waals surface area contributed by atoms with Crippen molar-refractivity contribution in [3.63, 3.8) is 0 Å². The van der Waals surface area contributed by atoms with Gasteiger partial charge in [-0.3, -0.25) is 9.35 Å². The number of nitrogens with two attached hydrogens (primary N) is 2. The fourth-order valence-corrected chi connectivity index (χ4v) is 5.45. The number of carbonyl (C=O) groups excluding carboxylic acids is 1. The SMILES string of the molecule is CS(=O)(=O)O.NC(=O)c1ccc2[nH]c3ccccc3c2c1.NC1CCCc2c1ccc1c2ccc2ccccc21. The van der Waals surface area contributed by atoms with Gasteiger partial charge in [0, 0.05) is 33.4 Å². The van der Waals surface area contributed by atoms with Gasteiger partial charge in [-0.2, -0.15) is 8.42 Å². The van der Waals surface area contributed by atoms with Gasteiger partial charge in [-0.25, -0.2) is 0 Å². The zero-order valence-corrected chi connectivity index (χ0v) is 22.9. The van der Waals surface area contributed by atoms with E-state index in [0.29, 0.717) is 11.8 Å². The highest BCUT2D eigenvalue weighted by atomic mass is 32.2. The Morgan fingerprint density at radius 3 is 2.23 bits per heavy atom. The molecule has 0 radical (unpaired) electrons. The number of hydrogen-bond acceptors (Lipinski definition) is 4. The second-order valence-corrected chi connectivity index (χ2v) is 11.5. The predicted octanol–water partition coefficient (Wildman–Crippen LogP) is 6.25. The van der Waals surface area contributed by atoms with E-state index in [-0.39, 0.29) is 6.04 Å². The molecule has 1 aliphatic carbocycles. The second-order valence-electron chi connectivity index (χ2n) is 10.0. The fraction of sp³-hybridized carbons (Fsp3) is 0.156. The summed E-state index contributed by atoms with van der Waals surface area (Å²) in [6, 6.07) is 31.3. The van der Waals surface area contributed by atoms with Crippen molar-refractivity contribution in [2.45, 2.75) is 25.3 Å². The van der Waals surface area contributed by atoms with Crippen LogP contribution in [-0.4, -0.2) is 30.1 Å². The van der Waals surface area contributed by atoms with Crippen molar-refractivity contribution in [3.05, 3.63) is 108 Å². The lowest BCUT2D eigenvalue weighted by Crippen LogP contribution is -2.17. The van der Waals surface area contributed by atoms with Crippen LogP contribution in [0, 0.1) is 0 Å². The summed E-state index contributed by atoms with van der Waals surface area (Å²) in [5.41, 5.74) is 17.0. The van der Waals surface area contributed by atoms with E-state index in [2.05, 4.69) is 53.5 Å². The first-order valence-electron chi connectivity index (χ1n) is 13.0. The van der Waals surface area contributed by atoms with E-state index in [9.17, 15) is 13.2 Å². The zero-order valence-electron chi connectivity index (χ0n) is 22.1. The number of hydrogen-bond donors (Lipinski definition) is 4. The number of benzene rings is 5. The molecule has 204 valence electrons. The van der Waals surface area contributed by atoms with Crippen molar-refractivity contribution in [1.82, 2.24) is 4.98 Å². The van der Waals surface area contributed by atoms with Crippen LogP contribution in [0.1, 0.15) is 40.4 Å². The van der Waals surface area contributed by atoms with Crippen molar-refractivity contribution in [2.24, 2.45) is 11.5 Å². The molecule has 1 aromatic heterocycles. The molecule has 1 atom stereocenters.